The lowest BCUT2D eigenvalue weighted by molar-refractivity contribution is 0.0528. The van der Waals surface area contributed by atoms with Crippen LogP contribution in [0.15, 0.2) is 54.9 Å². The standard InChI is InChI=1S/C20H19N5O4/c21-18(26)14-4-6-16(7-5-14)29-17-3-1-2-15(12-17)19-22-13-25(23-19)20(27)24-8-10-28-11-9-24/h1-7,12-13H,8-11H2,(H2,21,26). The second-order valence-corrected chi connectivity index (χ2v) is 6.41. The lowest BCUT2D eigenvalue weighted by atomic mass is 10.2. The van der Waals surface area contributed by atoms with Crippen LogP contribution in [0, 0.1) is 0 Å². The van der Waals surface area contributed by atoms with Gasteiger partial charge in [0.1, 0.15) is 17.8 Å². The predicted octanol–water partition coefficient (Wildman–Crippen LogP) is 2.14. The smallest absolute Gasteiger partial charge is 0.346 e. The van der Waals surface area contributed by atoms with E-state index in [9.17, 15) is 9.59 Å². The number of nitrogens with zero attached hydrogens (tertiary/aromatic N) is 4. The maximum Gasteiger partial charge on any atom is 0.346 e. The van der Waals surface area contributed by atoms with Gasteiger partial charge in [0.25, 0.3) is 0 Å². The number of rotatable bonds is 4. The van der Waals surface area contributed by atoms with Crippen molar-refractivity contribution in [3.05, 3.63) is 60.4 Å². The van der Waals surface area contributed by atoms with Crippen molar-refractivity contribution in [2.45, 2.75) is 0 Å². The SMILES string of the molecule is NC(=O)c1ccc(Oc2cccc(-c3ncn(C(=O)N4CCOCC4)n3)c2)cc1. The molecule has 0 radical (unpaired) electrons. The van der Waals surface area contributed by atoms with Crippen LogP contribution >= 0.6 is 0 Å². The highest BCUT2D eigenvalue weighted by Crippen LogP contribution is 2.26. The third kappa shape index (κ3) is 4.25. The fourth-order valence-electron chi connectivity index (χ4n) is 2.91. The fraction of sp³-hybridized carbons (Fsp3) is 0.200. The van der Waals surface area contributed by atoms with Gasteiger partial charge in [0.15, 0.2) is 5.82 Å². The second-order valence-electron chi connectivity index (χ2n) is 6.41. The quantitative estimate of drug-likeness (QED) is 0.727. The van der Waals surface area contributed by atoms with Gasteiger partial charge in [-0.3, -0.25) is 4.79 Å². The lowest BCUT2D eigenvalue weighted by Gasteiger charge is -2.25. The number of carbonyl (C=O) groups excluding carboxylic acids is 2. The summed E-state index contributed by atoms with van der Waals surface area (Å²) >= 11 is 0. The van der Waals surface area contributed by atoms with Gasteiger partial charge in [-0.1, -0.05) is 12.1 Å². The highest BCUT2D eigenvalue weighted by molar-refractivity contribution is 5.92. The molecule has 3 aromatic rings. The van der Waals surface area contributed by atoms with Gasteiger partial charge < -0.3 is 20.1 Å². The molecule has 29 heavy (non-hydrogen) atoms. The molecule has 2 heterocycles. The van der Waals surface area contributed by atoms with E-state index in [4.69, 9.17) is 15.2 Å². The van der Waals surface area contributed by atoms with Gasteiger partial charge in [-0.15, -0.1) is 5.10 Å². The van der Waals surface area contributed by atoms with Crippen LogP contribution in [0.4, 0.5) is 4.79 Å². The Morgan fingerprint density at radius 1 is 1.03 bits per heavy atom. The molecule has 2 N–H and O–H groups in total. The van der Waals surface area contributed by atoms with Crippen molar-refractivity contribution in [1.29, 1.82) is 0 Å². The third-order valence-electron chi connectivity index (χ3n) is 4.44. The number of nitrogens with two attached hydrogens (primary N) is 1. The highest BCUT2D eigenvalue weighted by atomic mass is 16.5. The summed E-state index contributed by atoms with van der Waals surface area (Å²) in [5.74, 6) is 1.06. The van der Waals surface area contributed by atoms with Crippen molar-refractivity contribution in [2.24, 2.45) is 5.73 Å². The first-order chi connectivity index (χ1) is 14.1. The van der Waals surface area contributed by atoms with E-state index in [1.165, 1.54) is 11.0 Å². The number of hydrogen-bond donors (Lipinski definition) is 1. The Morgan fingerprint density at radius 2 is 1.79 bits per heavy atom. The first-order valence-corrected chi connectivity index (χ1v) is 9.07. The number of primary amides is 1. The molecule has 0 atom stereocenters. The van der Waals surface area contributed by atoms with Crippen LogP contribution in [-0.4, -0.2) is 57.9 Å². The number of aromatic nitrogens is 3. The fourth-order valence-corrected chi connectivity index (χ4v) is 2.91. The summed E-state index contributed by atoms with van der Waals surface area (Å²) in [6, 6.07) is 13.5. The average Bonchev–Trinajstić information content (AvgIpc) is 3.25. The summed E-state index contributed by atoms with van der Waals surface area (Å²) in [6.07, 6.45) is 1.41. The van der Waals surface area contributed by atoms with E-state index in [1.54, 1.807) is 41.3 Å². The van der Waals surface area contributed by atoms with Crippen molar-refractivity contribution in [2.75, 3.05) is 26.3 Å². The largest absolute Gasteiger partial charge is 0.457 e. The minimum atomic E-state index is -0.494. The van der Waals surface area contributed by atoms with Crippen molar-refractivity contribution in [1.82, 2.24) is 19.7 Å². The Balaban J connectivity index is 1.49. The van der Waals surface area contributed by atoms with E-state index < -0.39 is 5.91 Å². The van der Waals surface area contributed by atoms with Crippen molar-refractivity contribution >= 4 is 11.9 Å². The number of morpholine rings is 1. The molecule has 0 unspecified atom stereocenters. The summed E-state index contributed by atoms with van der Waals surface area (Å²) in [6.45, 7) is 2.11. The molecule has 2 amide bonds. The van der Waals surface area contributed by atoms with Gasteiger partial charge in [0.05, 0.1) is 13.2 Å². The Hall–Kier alpha value is -3.72. The van der Waals surface area contributed by atoms with Crippen molar-refractivity contribution in [3.8, 4) is 22.9 Å². The molecule has 1 aliphatic rings. The topological polar surface area (TPSA) is 113 Å². The summed E-state index contributed by atoms with van der Waals surface area (Å²) in [4.78, 5) is 29.6. The van der Waals surface area contributed by atoms with E-state index in [1.807, 2.05) is 12.1 Å². The number of benzene rings is 2. The van der Waals surface area contributed by atoms with Gasteiger partial charge in [0, 0.05) is 24.2 Å². The summed E-state index contributed by atoms with van der Waals surface area (Å²) < 4.78 is 12.3. The Kier molecular flexibility index (Phi) is 5.21. The predicted molar refractivity (Wildman–Crippen MR) is 104 cm³/mol. The molecule has 1 aromatic heterocycles. The molecule has 9 nitrogen and oxygen atoms in total. The van der Waals surface area contributed by atoms with Crippen LogP contribution < -0.4 is 10.5 Å². The zero-order valence-corrected chi connectivity index (χ0v) is 15.5. The van der Waals surface area contributed by atoms with Crippen LogP contribution in [0.1, 0.15) is 10.4 Å². The molecule has 1 saturated heterocycles. The van der Waals surface area contributed by atoms with E-state index >= 15 is 0 Å². The Bertz CT molecular complexity index is 1030. The molecule has 9 heteroatoms. The second kappa shape index (κ2) is 8.11. The van der Waals surface area contributed by atoms with E-state index in [0.29, 0.717) is 54.8 Å². The van der Waals surface area contributed by atoms with Crippen LogP contribution in [0.5, 0.6) is 11.5 Å². The van der Waals surface area contributed by atoms with Crippen LogP contribution in [0.2, 0.25) is 0 Å². The molecule has 0 bridgehead atoms. The molecule has 1 aliphatic heterocycles. The average molecular weight is 393 g/mol. The van der Waals surface area contributed by atoms with Crippen molar-refractivity contribution < 1.29 is 19.1 Å². The third-order valence-corrected chi connectivity index (χ3v) is 4.44. The van der Waals surface area contributed by atoms with Gasteiger partial charge in [0.2, 0.25) is 5.91 Å². The maximum atomic E-state index is 12.5. The van der Waals surface area contributed by atoms with Gasteiger partial charge in [-0.05, 0) is 36.4 Å². The van der Waals surface area contributed by atoms with Gasteiger partial charge >= 0.3 is 6.03 Å². The molecule has 0 aliphatic carbocycles. The Labute approximate surface area is 166 Å². The first-order valence-electron chi connectivity index (χ1n) is 9.07. The highest BCUT2D eigenvalue weighted by Gasteiger charge is 2.20. The molecular weight excluding hydrogens is 374 g/mol. The van der Waals surface area contributed by atoms with Crippen LogP contribution in [0.25, 0.3) is 11.4 Å². The van der Waals surface area contributed by atoms with Crippen LogP contribution in [0.3, 0.4) is 0 Å². The van der Waals surface area contributed by atoms with Crippen molar-refractivity contribution in [3.63, 3.8) is 0 Å². The lowest BCUT2D eigenvalue weighted by Crippen LogP contribution is -2.43. The molecular formula is C20H19N5O4. The number of hydrogen-bond acceptors (Lipinski definition) is 6. The summed E-state index contributed by atoms with van der Waals surface area (Å²) in [5, 5.41) is 4.30. The molecule has 0 spiro atoms. The van der Waals surface area contributed by atoms with E-state index in [2.05, 4.69) is 10.1 Å². The van der Waals surface area contributed by atoms with Crippen LogP contribution in [-0.2, 0) is 4.74 Å². The normalized spacial score (nSPS) is 13.9. The summed E-state index contributed by atoms with van der Waals surface area (Å²) in [7, 11) is 0. The molecule has 2 aromatic carbocycles. The van der Waals surface area contributed by atoms with Gasteiger partial charge in [-0.2, -0.15) is 4.68 Å². The van der Waals surface area contributed by atoms with E-state index in [0.717, 1.165) is 0 Å². The Morgan fingerprint density at radius 3 is 2.52 bits per heavy atom. The molecule has 148 valence electrons. The minimum Gasteiger partial charge on any atom is -0.457 e. The minimum absolute atomic E-state index is 0.228. The monoisotopic (exact) mass is 393 g/mol. The zero-order chi connectivity index (χ0) is 20.2. The van der Waals surface area contributed by atoms with E-state index in [-0.39, 0.29) is 6.03 Å². The molecule has 4 rings (SSSR count). The maximum absolute atomic E-state index is 12.5. The number of carbonyl (C=O) groups is 2. The first kappa shape index (κ1) is 18.6. The summed E-state index contributed by atoms with van der Waals surface area (Å²) in [5.41, 5.74) is 6.36. The number of amides is 2. The zero-order valence-electron chi connectivity index (χ0n) is 15.5. The molecule has 1 fully saturated rings. The molecule has 0 saturated carbocycles. The number of ether oxygens (including phenoxy) is 2. The van der Waals surface area contributed by atoms with Gasteiger partial charge in [-0.25, -0.2) is 9.78 Å².